The Kier molecular flexibility index (Phi) is 5.20. The topological polar surface area (TPSA) is 24.3 Å². The lowest BCUT2D eigenvalue weighted by Crippen LogP contribution is -2.46. The second kappa shape index (κ2) is 7.36. The second-order valence-electron chi connectivity index (χ2n) is 6.11. The third kappa shape index (κ3) is 4.58. The molecule has 2 heterocycles. The molecule has 0 spiro atoms. The zero-order valence-corrected chi connectivity index (χ0v) is 13.4. The first-order valence-corrected chi connectivity index (χ1v) is 8.07. The van der Waals surface area contributed by atoms with Gasteiger partial charge in [0.25, 0.3) is 0 Å². The number of hydrogen-bond acceptors (Lipinski definition) is 3. The van der Waals surface area contributed by atoms with Crippen molar-refractivity contribution in [3.05, 3.63) is 54.1 Å². The molecule has 0 radical (unpaired) electrons. The smallest absolute Gasteiger partial charge is 0.336 e. The summed E-state index contributed by atoms with van der Waals surface area (Å²) in [6, 6.07) is 5.48. The predicted octanol–water partition coefficient (Wildman–Crippen LogP) is 2.72. The lowest BCUT2D eigenvalue weighted by atomic mass is 10.1. The van der Waals surface area contributed by atoms with E-state index in [1.807, 2.05) is 12.5 Å². The highest BCUT2D eigenvalue weighted by Gasteiger charge is 2.30. The van der Waals surface area contributed by atoms with Gasteiger partial charge in [0.15, 0.2) is 0 Å². The van der Waals surface area contributed by atoms with E-state index >= 15 is 0 Å². The van der Waals surface area contributed by atoms with Crippen LogP contribution in [-0.4, -0.2) is 52.1 Å². The van der Waals surface area contributed by atoms with E-state index < -0.39 is 11.7 Å². The average molecular weight is 338 g/mol. The molecule has 0 unspecified atom stereocenters. The molecule has 0 N–H and O–H groups in total. The van der Waals surface area contributed by atoms with Gasteiger partial charge in [0, 0.05) is 58.2 Å². The van der Waals surface area contributed by atoms with Crippen LogP contribution in [0, 0.1) is 0 Å². The first kappa shape index (κ1) is 17.0. The van der Waals surface area contributed by atoms with Crippen LogP contribution in [0.25, 0.3) is 0 Å². The maximum Gasteiger partial charge on any atom is 0.416 e. The van der Waals surface area contributed by atoms with Crippen molar-refractivity contribution >= 4 is 0 Å². The van der Waals surface area contributed by atoms with Crippen LogP contribution in [0.5, 0.6) is 0 Å². The zero-order valence-electron chi connectivity index (χ0n) is 13.4. The van der Waals surface area contributed by atoms with E-state index in [0.29, 0.717) is 6.54 Å². The number of aromatic nitrogens is 2. The molecule has 3 rings (SSSR count). The van der Waals surface area contributed by atoms with Gasteiger partial charge < -0.3 is 4.57 Å². The Balaban J connectivity index is 1.43. The number of benzene rings is 1. The molecule has 1 aliphatic rings. The Labute approximate surface area is 139 Å². The molecule has 0 aliphatic carbocycles. The molecule has 7 heteroatoms. The van der Waals surface area contributed by atoms with Crippen molar-refractivity contribution in [2.75, 3.05) is 32.7 Å². The predicted molar refractivity (Wildman–Crippen MR) is 85.4 cm³/mol. The number of alkyl halides is 3. The van der Waals surface area contributed by atoms with Crippen LogP contribution in [0.3, 0.4) is 0 Å². The summed E-state index contributed by atoms with van der Waals surface area (Å²) in [7, 11) is 0. The molecule has 1 aromatic carbocycles. The van der Waals surface area contributed by atoms with Crippen LogP contribution < -0.4 is 0 Å². The van der Waals surface area contributed by atoms with Crippen LogP contribution in [-0.2, 0) is 19.3 Å². The molecule has 2 aromatic rings. The van der Waals surface area contributed by atoms with Crippen LogP contribution in [0.4, 0.5) is 13.2 Å². The lowest BCUT2D eigenvalue weighted by molar-refractivity contribution is -0.137. The number of hydrogen-bond donors (Lipinski definition) is 0. The van der Waals surface area contributed by atoms with Gasteiger partial charge in [0.2, 0.25) is 0 Å². The third-order valence-electron chi connectivity index (χ3n) is 4.39. The van der Waals surface area contributed by atoms with Gasteiger partial charge in [-0.3, -0.25) is 9.80 Å². The molecule has 1 aromatic heterocycles. The van der Waals surface area contributed by atoms with Crippen LogP contribution in [0.1, 0.15) is 11.1 Å². The summed E-state index contributed by atoms with van der Waals surface area (Å²) < 4.78 is 39.8. The molecule has 24 heavy (non-hydrogen) atoms. The van der Waals surface area contributed by atoms with Gasteiger partial charge in [-0.05, 0) is 17.7 Å². The minimum Gasteiger partial charge on any atom is -0.336 e. The van der Waals surface area contributed by atoms with Crippen molar-refractivity contribution in [3.8, 4) is 0 Å². The molecular formula is C17H21F3N4. The maximum atomic E-state index is 12.6. The van der Waals surface area contributed by atoms with Crippen LogP contribution in [0.2, 0.25) is 0 Å². The molecule has 0 bridgehead atoms. The van der Waals surface area contributed by atoms with Crippen molar-refractivity contribution in [2.45, 2.75) is 19.3 Å². The zero-order chi connectivity index (χ0) is 17.0. The minimum absolute atomic E-state index is 0.587. The van der Waals surface area contributed by atoms with E-state index in [0.717, 1.165) is 57.0 Å². The molecule has 0 amide bonds. The molecule has 0 saturated carbocycles. The average Bonchev–Trinajstić information content (AvgIpc) is 3.07. The molecule has 0 atom stereocenters. The number of nitrogens with zero attached hydrogens (tertiary/aromatic N) is 4. The minimum atomic E-state index is -4.26. The Bertz CT molecular complexity index is 614. The summed E-state index contributed by atoms with van der Waals surface area (Å²) in [6.45, 7) is 6.46. The summed E-state index contributed by atoms with van der Waals surface area (Å²) >= 11 is 0. The van der Waals surface area contributed by atoms with Gasteiger partial charge in [-0.1, -0.05) is 12.1 Å². The van der Waals surface area contributed by atoms with Gasteiger partial charge in [-0.2, -0.15) is 13.2 Å². The Morgan fingerprint density at radius 2 is 1.58 bits per heavy atom. The highest BCUT2D eigenvalue weighted by atomic mass is 19.4. The molecule has 130 valence electrons. The van der Waals surface area contributed by atoms with Gasteiger partial charge in [-0.15, -0.1) is 0 Å². The van der Waals surface area contributed by atoms with Gasteiger partial charge >= 0.3 is 6.18 Å². The Morgan fingerprint density at radius 1 is 0.917 bits per heavy atom. The summed E-state index contributed by atoms with van der Waals surface area (Å²) in [6.07, 6.45) is 1.29. The normalized spacial score (nSPS) is 17.3. The van der Waals surface area contributed by atoms with Gasteiger partial charge in [-0.25, -0.2) is 4.98 Å². The highest BCUT2D eigenvalue weighted by Crippen LogP contribution is 2.29. The molecular weight excluding hydrogens is 317 g/mol. The number of halogens is 3. The molecule has 1 fully saturated rings. The molecule has 1 saturated heterocycles. The largest absolute Gasteiger partial charge is 0.416 e. The maximum absolute atomic E-state index is 12.6. The van der Waals surface area contributed by atoms with E-state index in [-0.39, 0.29) is 0 Å². The van der Waals surface area contributed by atoms with Crippen molar-refractivity contribution in [1.82, 2.24) is 19.4 Å². The third-order valence-corrected chi connectivity index (χ3v) is 4.39. The molecule has 1 aliphatic heterocycles. The first-order valence-electron chi connectivity index (χ1n) is 8.07. The lowest BCUT2D eigenvalue weighted by Gasteiger charge is -2.34. The number of imidazole rings is 1. The Morgan fingerprint density at radius 3 is 2.17 bits per heavy atom. The van der Waals surface area contributed by atoms with Gasteiger partial charge in [0.1, 0.15) is 0 Å². The summed E-state index contributed by atoms with van der Waals surface area (Å²) in [5.74, 6) is 0. The fourth-order valence-electron chi connectivity index (χ4n) is 2.90. The number of piperazine rings is 1. The SMILES string of the molecule is FC(F)(F)c1ccc(CN2CCN(CCn3ccnc3)CC2)cc1. The summed E-state index contributed by atoms with van der Waals surface area (Å²) in [5, 5.41) is 0. The van der Waals surface area contributed by atoms with Crippen molar-refractivity contribution in [1.29, 1.82) is 0 Å². The Hall–Kier alpha value is -1.86. The number of rotatable bonds is 5. The van der Waals surface area contributed by atoms with E-state index in [1.54, 1.807) is 18.3 Å². The standard InChI is InChI=1S/C17H21F3N4/c18-17(19,20)16-3-1-15(2-4-16)13-23-10-7-22(8-11-23)9-12-24-6-5-21-14-24/h1-6,14H,7-13H2. The van der Waals surface area contributed by atoms with E-state index in [2.05, 4.69) is 19.4 Å². The fourth-order valence-corrected chi connectivity index (χ4v) is 2.90. The van der Waals surface area contributed by atoms with Gasteiger partial charge in [0.05, 0.1) is 11.9 Å². The van der Waals surface area contributed by atoms with Crippen molar-refractivity contribution in [3.63, 3.8) is 0 Å². The highest BCUT2D eigenvalue weighted by molar-refractivity contribution is 5.24. The fraction of sp³-hybridized carbons (Fsp3) is 0.471. The van der Waals surface area contributed by atoms with Crippen molar-refractivity contribution < 1.29 is 13.2 Å². The van der Waals surface area contributed by atoms with E-state index in [4.69, 9.17) is 0 Å². The summed E-state index contributed by atoms with van der Waals surface area (Å²) in [4.78, 5) is 8.73. The van der Waals surface area contributed by atoms with Crippen LogP contribution in [0.15, 0.2) is 43.0 Å². The van der Waals surface area contributed by atoms with Crippen molar-refractivity contribution in [2.24, 2.45) is 0 Å². The van der Waals surface area contributed by atoms with Crippen LogP contribution >= 0.6 is 0 Å². The second-order valence-corrected chi connectivity index (χ2v) is 6.11. The van der Waals surface area contributed by atoms with E-state index in [9.17, 15) is 13.2 Å². The van der Waals surface area contributed by atoms with E-state index in [1.165, 1.54) is 0 Å². The quantitative estimate of drug-likeness (QED) is 0.838. The first-order chi connectivity index (χ1) is 11.5. The molecule has 4 nitrogen and oxygen atoms in total. The summed E-state index contributed by atoms with van der Waals surface area (Å²) in [5.41, 5.74) is 0.338. The monoisotopic (exact) mass is 338 g/mol.